The Morgan fingerprint density at radius 3 is 2.77 bits per heavy atom. The zero-order valence-corrected chi connectivity index (χ0v) is 12.6. The fraction of sp³-hybridized carbons (Fsp3) is 0.400. The van der Waals surface area contributed by atoms with Crippen molar-refractivity contribution in [2.45, 2.75) is 20.3 Å². The number of imidazole rings is 1. The number of hydrogen-bond acceptors (Lipinski definition) is 4. The molecule has 118 valence electrons. The van der Waals surface area contributed by atoms with Crippen molar-refractivity contribution in [3.05, 3.63) is 36.0 Å². The molecule has 0 aliphatic carbocycles. The largest absolute Gasteiger partial charge is 0.466 e. The number of amides is 1. The van der Waals surface area contributed by atoms with Gasteiger partial charge in [-0.3, -0.25) is 9.59 Å². The van der Waals surface area contributed by atoms with Crippen molar-refractivity contribution >= 4 is 17.5 Å². The summed E-state index contributed by atoms with van der Waals surface area (Å²) in [5, 5.41) is 0. The summed E-state index contributed by atoms with van der Waals surface area (Å²) in [5.41, 5.74) is 0.711. The molecule has 22 heavy (non-hydrogen) atoms. The van der Waals surface area contributed by atoms with Gasteiger partial charge in [0.05, 0.1) is 13.0 Å². The molecule has 0 fully saturated rings. The third-order valence-electron chi connectivity index (χ3n) is 3.19. The molecule has 0 aliphatic rings. The van der Waals surface area contributed by atoms with Gasteiger partial charge >= 0.3 is 5.97 Å². The van der Waals surface area contributed by atoms with E-state index in [1.807, 2.05) is 6.92 Å². The highest BCUT2D eigenvalue weighted by atomic mass is 19.1. The van der Waals surface area contributed by atoms with Crippen LogP contribution >= 0.6 is 0 Å². The van der Waals surface area contributed by atoms with Crippen LogP contribution in [0.1, 0.15) is 30.8 Å². The van der Waals surface area contributed by atoms with Crippen LogP contribution in [-0.2, 0) is 9.53 Å². The fourth-order valence-corrected chi connectivity index (χ4v) is 2.09. The Hall–Kier alpha value is -2.44. The van der Waals surface area contributed by atoms with E-state index in [9.17, 15) is 14.0 Å². The minimum Gasteiger partial charge on any atom is -0.466 e. The first kappa shape index (κ1) is 15.9. The Labute approximate surface area is 127 Å². The van der Waals surface area contributed by atoms with Gasteiger partial charge in [0.25, 0.3) is 5.91 Å². The van der Waals surface area contributed by atoms with Crippen LogP contribution in [0.25, 0.3) is 5.65 Å². The normalized spacial score (nSPS) is 10.7. The first-order valence-electron chi connectivity index (χ1n) is 7.14. The molecule has 0 unspecified atom stereocenters. The van der Waals surface area contributed by atoms with Gasteiger partial charge in [-0.05, 0) is 26.0 Å². The van der Waals surface area contributed by atoms with Gasteiger partial charge in [0.15, 0.2) is 0 Å². The van der Waals surface area contributed by atoms with E-state index >= 15 is 0 Å². The maximum atomic E-state index is 13.2. The van der Waals surface area contributed by atoms with Crippen LogP contribution in [0, 0.1) is 5.82 Å². The first-order chi connectivity index (χ1) is 10.5. The van der Waals surface area contributed by atoms with Crippen LogP contribution in [0.5, 0.6) is 0 Å². The second-order valence-corrected chi connectivity index (χ2v) is 4.68. The molecule has 0 atom stereocenters. The molecular formula is C15H18FN3O3. The van der Waals surface area contributed by atoms with Crippen molar-refractivity contribution < 1.29 is 18.7 Å². The molecule has 0 aromatic carbocycles. The monoisotopic (exact) mass is 307 g/mol. The summed E-state index contributed by atoms with van der Waals surface area (Å²) in [4.78, 5) is 29.5. The van der Waals surface area contributed by atoms with Crippen LogP contribution in [0.4, 0.5) is 4.39 Å². The topological polar surface area (TPSA) is 63.9 Å². The molecule has 2 aromatic heterocycles. The van der Waals surface area contributed by atoms with E-state index in [-0.39, 0.29) is 30.5 Å². The summed E-state index contributed by atoms with van der Waals surface area (Å²) >= 11 is 0. The average Bonchev–Trinajstić information content (AvgIpc) is 2.90. The van der Waals surface area contributed by atoms with Gasteiger partial charge in [0.1, 0.15) is 17.2 Å². The van der Waals surface area contributed by atoms with Gasteiger partial charge in [-0.2, -0.15) is 0 Å². The summed E-state index contributed by atoms with van der Waals surface area (Å²) < 4.78 is 19.5. The Morgan fingerprint density at radius 2 is 2.09 bits per heavy atom. The predicted molar refractivity (Wildman–Crippen MR) is 78.0 cm³/mol. The van der Waals surface area contributed by atoms with E-state index in [2.05, 4.69) is 4.98 Å². The van der Waals surface area contributed by atoms with Crippen LogP contribution < -0.4 is 0 Å². The lowest BCUT2D eigenvalue weighted by Crippen LogP contribution is -2.33. The number of carbonyl (C=O) groups is 2. The molecule has 2 heterocycles. The molecule has 0 saturated carbocycles. The van der Waals surface area contributed by atoms with Crippen molar-refractivity contribution in [3.8, 4) is 0 Å². The fourth-order valence-electron chi connectivity index (χ4n) is 2.09. The number of hydrogen-bond donors (Lipinski definition) is 0. The van der Waals surface area contributed by atoms with Crippen molar-refractivity contribution in [2.75, 3.05) is 19.7 Å². The number of aromatic nitrogens is 2. The molecule has 0 bridgehead atoms. The highest BCUT2D eigenvalue weighted by Gasteiger charge is 2.18. The molecule has 0 radical (unpaired) electrons. The van der Waals surface area contributed by atoms with Crippen LogP contribution in [0.15, 0.2) is 24.5 Å². The Morgan fingerprint density at radius 1 is 1.32 bits per heavy atom. The van der Waals surface area contributed by atoms with Gasteiger partial charge < -0.3 is 14.0 Å². The van der Waals surface area contributed by atoms with Crippen molar-refractivity contribution in [3.63, 3.8) is 0 Å². The van der Waals surface area contributed by atoms with Gasteiger partial charge in [-0.1, -0.05) is 0 Å². The molecule has 7 heteroatoms. The predicted octanol–water partition coefficient (Wildman–Crippen LogP) is 1.89. The lowest BCUT2D eigenvalue weighted by atomic mass is 10.3. The second-order valence-electron chi connectivity index (χ2n) is 4.68. The summed E-state index contributed by atoms with van der Waals surface area (Å²) in [6, 6.07) is 2.79. The molecule has 0 aliphatic heterocycles. The molecule has 0 spiro atoms. The summed E-state index contributed by atoms with van der Waals surface area (Å²) in [6.07, 6.45) is 2.87. The summed E-state index contributed by atoms with van der Waals surface area (Å²) in [7, 11) is 0. The Balaban J connectivity index is 2.10. The minimum absolute atomic E-state index is 0.134. The smallest absolute Gasteiger partial charge is 0.307 e. The number of rotatable bonds is 6. The molecule has 0 N–H and O–H groups in total. The van der Waals surface area contributed by atoms with E-state index in [1.165, 1.54) is 33.8 Å². The second kappa shape index (κ2) is 7.02. The highest BCUT2D eigenvalue weighted by Crippen LogP contribution is 2.10. The quantitative estimate of drug-likeness (QED) is 0.765. The van der Waals surface area contributed by atoms with Crippen molar-refractivity contribution in [1.29, 1.82) is 0 Å². The highest BCUT2D eigenvalue weighted by molar-refractivity contribution is 5.93. The lowest BCUT2D eigenvalue weighted by Gasteiger charge is -2.19. The van der Waals surface area contributed by atoms with Gasteiger partial charge in [-0.15, -0.1) is 0 Å². The van der Waals surface area contributed by atoms with E-state index in [0.29, 0.717) is 18.8 Å². The van der Waals surface area contributed by atoms with Gasteiger partial charge in [-0.25, -0.2) is 9.37 Å². The van der Waals surface area contributed by atoms with E-state index in [1.54, 1.807) is 6.92 Å². The Bertz CT molecular complexity index is 684. The maximum Gasteiger partial charge on any atom is 0.307 e. The maximum absolute atomic E-state index is 13.2. The van der Waals surface area contributed by atoms with Gasteiger partial charge in [0, 0.05) is 25.5 Å². The van der Waals surface area contributed by atoms with Crippen LogP contribution in [0.2, 0.25) is 0 Å². The number of pyridine rings is 1. The molecule has 6 nitrogen and oxygen atoms in total. The molecule has 2 aromatic rings. The number of fused-ring (bicyclic) bond motifs is 1. The molecular weight excluding hydrogens is 289 g/mol. The lowest BCUT2D eigenvalue weighted by molar-refractivity contribution is -0.143. The SMILES string of the molecule is CCOC(=O)CCN(CC)C(=O)c1cn2cc(F)ccc2n1. The summed E-state index contributed by atoms with van der Waals surface area (Å²) in [5.74, 6) is -1.04. The molecule has 2 rings (SSSR count). The van der Waals surface area contributed by atoms with E-state index in [0.717, 1.165) is 0 Å². The zero-order chi connectivity index (χ0) is 16.1. The standard InChI is InChI=1S/C15H18FN3O3/c1-3-18(8-7-14(20)22-4-2)15(21)12-10-19-9-11(16)5-6-13(19)17-12/h5-6,9-10H,3-4,7-8H2,1-2H3. The molecule has 0 saturated heterocycles. The average molecular weight is 307 g/mol. The van der Waals surface area contributed by atoms with E-state index < -0.39 is 5.82 Å². The van der Waals surface area contributed by atoms with Crippen LogP contribution in [0.3, 0.4) is 0 Å². The number of ether oxygens (including phenoxy) is 1. The number of nitrogens with zero attached hydrogens (tertiary/aromatic N) is 3. The third-order valence-corrected chi connectivity index (χ3v) is 3.19. The first-order valence-corrected chi connectivity index (χ1v) is 7.14. The minimum atomic E-state index is -0.404. The number of carbonyl (C=O) groups excluding carboxylic acids is 2. The zero-order valence-electron chi connectivity index (χ0n) is 12.6. The van der Waals surface area contributed by atoms with Crippen molar-refractivity contribution in [2.24, 2.45) is 0 Å². The van der Waals surface area contributed by atoms with E-state index in [4.69, 9.17) is 4.74 Å². The van der Waals surface area contributed by atoms with Gasteiger partial charge in [0.2, 0.25) is 0 Å². The van der Waals surface area contributed by atoms with Crippen LogP contribution in [-0.4, -0.2) is 45.9 Å². The third kappa shape index (κ3) is 3.60. The Kier molecular flexibility index (Phi) is 5.08. The number of halogens is 1. The van der Waals surface area contributed by atoms with Crippen molar-refractivity contribution in [1.82, 2.24) is 14.3 Å². The summed E-state index contributed by atoms with van der Waals surface area (Å²) in [6.45, 7) is 4.57. The molecule has 1 amide bonds. The number of esters is 1.